The number of halogens is 1. The summed E-state index contributed by atoms with van der Waals surface area (Å²) >= 11 is 0. The Bertz CT molecular complexity index is 1940. The molecule has 0 aliphatic carbocycles. The lowest BCUT2D eigenvalue weighted by Crippen LogP contribution is -2.56. The number of aromatic nitrogens is 4. The van der Waals surface area contributed by atoms with E-state index in [0.717, 1.165) is 6.54 Å². The summed E-state index contributed by atoms with van der Waals surface area (Å²) < 4.78 is 23.1. The number of rotatable bonds is 9. The van der Waals surface area contributed by atoms with Gasteiger partial charge in [0.2, 0.25) is 5.91 Å². The number of hydrogen-bond acceptors (Lipinski definition) is 9. The molecular weight excluding hydrogens is 625 g/mol. The van der Waals surface area contributed by atoms with Crippen molar-refractivity contribution in [1.29, 1.82) is 5.26 Å². The standard InChI is InChI=1S/C36H40FN9O3/c1-36(2,45-18-17-43(3)30(47)22-45)15-7-9-24(20-38)35(48)44-16-8-10-25(21-44)46-34-31(33(39)40-23-41-34)32(42-46)28-14-13-27(19-29(28)37)49-26-11-5-4-6-12-26/h4-6,9,11-14,19,23,25H,7-8,10,15-18,21-22H2,1-3H3,(H2,39,40,41)/b24-9+/t25-/m1/s1. The van der Waals surface area contributed by atoms with E-state index >= 15 is 4.39 Å². The number of likely N-dealkylation sites (tertiary alicyclic amines) is 1. The number of carbonyl (C=O) groups excluding carboxylic acids is 2. The Morgan fingerprint density at radius 3 is 2.67 bits per heavy atom. The van der Waals surface area contributed by atoms with Gasteiger partial charge in [0, 0.05) is 50.4 Å². The minimum Gasteiger partial charge on any atom is -0.457 e. The monoisotopic (exact) mass is 665 g/mol. The number of allylic oxidation sites excluding steroid dienone is 1. The summed E-state index contributed by atoms with van der Waals surface area (Å²) in [5.41, 5.74) is 7.07. The van der Waals surface area contributed by atoms with Gasteiger partial charge in [0.1, 0.15) is 46.8 Å². The Balaban J connectivity index is 1.20. The van der Waals surface area contributed by atoms with E-state index in [-0.39, 0.29) is 40.3 Å². The predicted molar refractivity (Wildman–Crippen MR) is 183 cm³/mol. The van der Waals surface area contributed by atoms with Gasteiger partial charge in [-0.1, -0.05) is 24.3 Å². The van der Waals surface area contributed by atoms with Gasteiger partial charge in [0.15, 0.2) is 5.65 Å². The fourth-order valence-corrected chi connectivity index (χ4v) is 6.51. The van der Waals surface area contributed by atoms with Crippen LogP contribution >= 0.6 is 0 Å². The van der Waals surface area contributed by atoms with Crippen LogP contribution in [0.3, 0.4) is 0 Å². The third-order valence-corrected chi connectivity index (χ3v) is 9.49. The molecule has 0 bridgehead atoms. The fraction of sp³-hybridized carbons (Fsp3) is 0.389. The van der Waals surface area contributed by atoms with E-state index in [1.807, 2.05) is 25.2 Å². The maximum atomic E-state index is 15.6. The van der Waals surface area contributed by atoms with Crippen LogP contribution in [0.5, 0.6) is 11.5 Å². The molecule has 2 amide bonds. The summed E-state index contributed by atoms with van der Waals surface area (Å²) in [6.45, 7) is 6.75. The lowest BCUT2D eigenvalue weighted by molar-refractivity contribution is -0.137. The first-order valence-corrected chi connectivity index (χ1v) is 16.5. The first-order valence-electron chi connectivity index (χ1n) is 16.5. The van der Waals surface area contributed by atoms with Crippen molar-refractivity contribution in [3.05, 3.63) is 72.3 Å². The molecule has 2 aromatic carbocycles. The zero-order valence-electron chi connectivity index (χ0n) is 28.0. The number of fused-ring (bicyclic) bond motifs is 1. The van der Waals surface area contributed by atoms with E-state index in [2.05, 4.69) is 34.8 Å². The van der Waals surface area contributed by atoms with Crippen LogP contribution in [0.2, 0.25) is 0 Å². The SMILES string of the molecule is CN1CCN(C(C)(C)CC/C=C(\C#N)C(=O)N2CCC[C@@H](n3nc(-c4ccc(Oc5ccccc5)cc4F)c4c(N)ncnc43)C2)CC1=O. The lowest BCUT2D eigenvalue weighted by Gasteiger charge is -2.42. The zero-order chi connectivity index (χ0) is 34.7. The Morgan fingerprint density at radius 2 is 1.94 bits per heavy atom. The molecular formula is C36H40FN9O3. The van der Waals surface area contributed by atoms with E-state index in [4.69, 9.17) is 15.6 Å². The highest BCUT2D eigenvalue weighted by molar-refractivity contribution is 5.99. The highest BCUT2D eigenvalue weighted by Gasteiger charge is 2.33. The maximum Gasteiger partial charge on any atom is 0.264 e. The first-order chi connectivity index (χ1) is 23.6. The number of anilines is 1. The summed E-state index contributed by atoms with van der Waals surface area (Å²) in [7, 11) is 1.81. The van der Waals surface area contributed by atoms with Gasteiger partial charge in [0.25, 0.3) is 5.91 Å². The summed E-state index contributed by atoms with van der Waals surface area (Å²) in [6, 6.07) is 15.5. The van der Waals surface area contributed by atoms with Crippen molar-refractivity contribution in [3.63, 3.8) is 0 Å². The Morgan fingerprint density at radius 1 is 1.14 bits per heavy atom. The number of nitrogen functional groups attached to an aromatic ring is 1. The number of para-hydroxylation sites is 1. The number of benzene rings is 2. The van der Waals surface area contributed by atoms with Crippen LogP contribution in [0.15, 0.2) is 66.5 Å². The summed E-state index contributed by atoms with van der Waals surface area (Å²) in [6.07, 6.45) is 5.62. The second kappa shape index (κ2) is 14.0. The number of piperazine rings is 1. The quantitative estimate of drug-likeness (QED) is 0.194. The summed E-state index contributed by atoms with van der Waals surface area (Å²) in [5.74, 6) is 0.282. The molecule has 2 aliphatic rings. The molecule has 6 rings (SSSR count). The van der Waals surface area contributed by atoms with E-state index in [9.17, 15) is 14.9 Å². The van der Waals surface area contributed by atoms with Crippen molar-refractivity contribution in [1.82, 2.24) is 34.4 Å². The van der Waals surface area contributed by atoms with Crippen molar-refractivity contribution in [2.45, 2.75) is 51.1 Å². The van der Waals surface area contributed by atoms with E-state index in [1.54, 1.807) is 44.8 Å². The largest absolute Gasteiger partial charge is 0.457 e. The molecule has 2 fully saturated rings. The number of nitrogens with two attached hydrogens (primary N) is 1. The summed E-state index contributed by atoms with van der Waals surface area (Å²) in [4.78, 5) is 40.1. The summed E-state index contributed by atoms with van der Waals surface area (Å²) in [5, 5.41) is 15.2. The van der Waals surface area contributed by atoms with Crippen LogP contribution < -0.4 is 10.5 Å². The molecule has 0 radical (unpaired) electrons. The minimum atomic E-state index is -0.546. The maximum absolute atomic E-state index is 15.6. The van der Waals surface area contributed by atoms with Gasteiger partial charge in [-0.15, -0.1) is 0 Å². The molecule has 254 valence electrons. The molecule has 4 heterocycles. The van der Waals surface area contributed by atoms with Gasteiger partial charge < -0.3 is 20.3 Å². The normalized spacial score (nSPS) is 17.7. The van der Waals surface area contributed by atoms with Gasteiger partial charge in [-0.3, -0.25) is 14.5 Å². The molecule has 0 spiro atoms. The van der Waals surface area contributed by atoms with Crippen molar-refractivity contribution in [2.24, 2.45) is 0 Å². The van der Waals surface area contributed by atoms with Gasteiger partial charge in [0.05, 0.1) is 18.0 Å². The van der Waals surface area contributed by atoms with Crippen LogP contribution in [0, 0.1) is 17.1 Å². The number of likely N-dealkylation sites (N-methyl/N-ethyl adjacent to an activating group) is 1. The number of nitriles is 1. The fourth-order valence-electron chi connectivity index (χ4n) is 6.51. The number of piperidine rings is 1. The van der Waals surface area contributed by atoms with E-state index < -0.39 is 5.82 Å². The smallest absolute Gasteiger partial charge is 0.264 e. The van der Waals surface area contributed by atoms with Crippen LogP contribution in [-0.2, 0) is 9.59 Å². The molecule has 2 aromatic heterocycles. The highest BCUT2D eigenvalue weighted by atomic mass is 19.1. The van der Waals surface area contributed by atoms with Crippen LogP contribution in [0.1, 0.15) is 45.6 Å². The first kappa shape index (κ1) is 33.5. The molecule has 0 unspecified atom stereocenters. The van der Waals surface area contributed by atoms with E-state index in [0.29, 0.717) is 80.1 Å². The Kier molecular flexibility index (Phi) is 9.60. The second-order valence-electron chi connectivity index (χ2n) is 13.2. The van der Waals surface area contributed by atoms with Crippen LogP contribution in [0.25, 0.3) is 22.3 Å². The van der Waals surface area contributed by atoms with Gasteiger partial charge in [-0.2, -0.15) is 10.4 Å². The molecule has 49 heavy (non-hydrogen) atoms. The Labute approximate surface area is 284 Å². The van der Waals surface area contributed by atoms with Crippen LogP contribution in [-0.4, -0.2) is 91.6 Å². The molecule has 1 atom stereocenters. The van der Waals surface area contributed by atoms with Crippen LogP contribution in [0.4, 0.5) is 10.2 Å². The van der Waals surface area contributed by atoms with Gasteiger partial charge in [-0.05, 0) is 63.8 Å². The number of amides is 2. The Hall–Kier alpha value is -5.35. The third-order valence-electron chi connectivity index (χ3n) is 9.49. The molecule has 0 saturated carbocycles. The van der Waals surface area contributed by atoms with Crippen molar-refractivity contribution in [3.8, 4) is 28.8 Å². The number of carbonyl (C=O) groups is 2. The zero-order valence-corrected chi connectivity index (χ0v) is 28.0. The average Bonchev–Trinajstić information content (AvgIpc) is 3.49. The number of hydrogen-bond donors (Lipinski definition) is 1. The van der Waals surface area contributed by atoms with Crippen molar-refractivity contribution in [2.75, 3.05) is 45.5 Å². The minimum absolute atomic E-state index is 0.0865. The predicted octanol–water partition coefficient (Wildman–Crippen LogP) is 4.95. The number of nitrogens with zero attached hydrogens (tertiary/aromatic N) is 8. The topological polar surface area (TPSA) is 146 Å². The van der Waals surface area contributed by atoms with Crippen molar-refractivity contribution < 1.29 is 18.7 Å². The average molecular weight is 666 g/mol. The van der Waals surface area contributed by atoms with Crippen molar-refractivity contribution >= 4 is 28.7 Å². The molecule has 2 N–H and O–H groups in total. The number of ether oxygens (including phenoxy) is 1. The molecule has 12 nitrogen and oxygen atoms in total. The van der Waals surface area contributed by atoms with E-state index in [1.165, 1.54) is 12.4 Å². The highest BCUT2D eigenvalue weighted by Crippen LogP contribution is 2.36. The molecule has 2 aliphatic heterocycles. The second-order valence-corrected chi connectivity index (χ2v) is 13.2. The third kappa shape index (κ3) is 7.10. The van der Waals surface area contributed by atoms with Gasteiger partial charge in [-0.25, -0.2) is 19.0 Å². The molecule has 2 saturated heterocycles. The lowest BCUT2D eigenvalue weighted by atomic mass is 9.94. The molecule has 13 heteroatoms. The van der Waals surface area contributed by atoms with Gasteiger partial charge >= 0.3 is 0 Å². The molecule has 4 aromatic rings.